The van der Waals surface area contributed by atoms with E-state index in [-0.39, 0.29) is 12.6 Å². The molecule has 2 amide bonds. The summed E-state index contributed by atoms with van der Waals surface area (Å²) in [5.74, 6) is 1.14. The fourth-order valence-electron chi connectivity index (χ4n) is 2.03. The summed E-state index contributed by atoms with van der Waals surface area (Å²) < 4.78 is 5.62. The standard InChI is InChI=1S/C17H16N4O2/c22-17(20-10-13-6-8-18-9-7-13)21-12-16-19-11-15(23-16)14-4-2-1-3-5-14/h1-9,11H,10,12H2,(H2,20,21,22). The van der Waals surface area contributed by atoms with Gasteiger partial charge in [-0.25, -0.2) is 9.78 Å². The molecule has 0 spiro atoms. The Morgan fingerprint density at radius 2 is 1.74 bits per heavy atom. The van der Waals surface area contributed by atoms with Crippen LogP contribution in [0.15, 0.2) is 65.5 Å². The maximum absolute atomic E-state index is 11.8. The molecule has 1 aromatic carbocycles. The van der Waals surface area contributed by atoms with E-state index in [0.717, 1.165) is 11.1 Å². The first-order chi connectivity index (χ1) is 11.3. The van der Waals surface area contributed by atoms with Gasteiger partial charge >= 0.3 is 6.03 Å². The maximum atomic E-state index is 11.8. The predicted octanol–water partition coefficient (Wildman–Crippen LogP) is 2.74. The van der Waals surface area contributed by atoms with Crippen molar-refractivity contribution in [3.8, 4) is 11.3 Å². The zero-order valence-corrected chi connectivity index (χ0v) is 12.4. The normalized spacial score (nSPS) is 10.3. The molecule has 0 fully saturated rings. The summed E-state index contributed by atoms with van der Waals surface area (Å²) in [6.45, 7) is 0.671. The monoisotopic (exact) mass is 308 g/mol. The van der Waals surface area contributed by atoms with Gasteiger partial charge in [-0.3, -0.25) is 4.98 Å². The summed E-state index contributed by atoms with van der Waals surface area (Å²) in [6, 6.07) is 13.1. The minimum Gasteiger partial charge on any atom is -0.439 e. The van der Waals surface area contributed by atoms with E-state index < -0.39 is 0 Å². The second-order valence-electron chi connectivity index (χ2n) is 4.88. The van der Waals surface area contributed by atoms with Crippen LogP contribution < -0.4 is 10.6 Å². The van der Waals surface area contributed by atoms with Crippen LogP contribution in [0.1, 0.15) is 11.5 Å². The third kappa shape index (κ3) is 4.16. The van der Waals surface area contributed by atoms with Gasteiger partial charge in [-0.2, -0.15) is 0 Å². The molecule has 2 heterocycles. The van der Waals surface area contributed by atoms with Gasteiger partial charge in [0.1, 0.15) is 0 Å². The van der Waals surface area contributed by atoms with Crippen LogP contribution >= 0.6 is 0 Å². The van der Waals surface area contributed by atoms with Crippen molar-refractivity contribution in [1.82, 2.24) is 20.6 Å². The quantitative estimate of drug-likeness (QED) is 0.759. The number of pyridine rings is 1. The zero-order valence-electron chi connectivity index (χ0n) is 12.4. The highest BCUT2D eigenvalue weighted by Gasteiger charge is 2.07. The molecule has 2 aromatic heterocycles. The summed E-state index contributed by atoms with van der Waals surface area (Å²) >= 11 is 0. The molecule has 0 aliphatic rings. The van der Waals surface area contributed by atoms with Crippen LogP contribution in [0.3, 0.4) is 0 Å². The number of benzene rings is 1. The minimum atomic E-state index is -0.277. The molecule has 3 aromatic rings. The lowest BCUT2D eigenvalue weighted by Gasteiger charge is -2.05. The van der Waals surface area contributed by atoms with Crippen molar-refractivity contribution in [2.45, 2.75) is 13.1 Å². The van der Waals surface area contributed by atoms with Crippen molar-refractivity contribution < 1.29 is 9.21 Å². The number of hydrogen-bond acceptors (Lipinski definition) is 4. The maximum Gasteiger partial charge on any atom is 0.315 e. The molecule has 6 nitrogen and oxygen atoms in total. The van der Waals surface area contributed by atoms with Gasteiger partial charge in [0.2, 0.25) is 5.89 Å². The molecular weight excluding hydrogens is 292 g/mol. The second-order valence-corrected chi connectivity index (χ2v) is 4.88. The average Bonchev–Trinajstić information content (AvgIpc) is 3.09. The molecule has 6 heteroatoms. The van der Waals surface area contributed by atoms with E-state index >= 15 is 0 Å². The molecule has 0 bridgehead atoms. The topological polar surface area (TPSA) is 80.0 Å². The third-order valence-electron chi connectivity index (χ3n) is 3.21. The van der Waals surface area contributed by atoms with Crippen LogP contribution in [0.2, 0.25) is 0 Å². The van der Waals surface area contributed by atoms with E-state index in [9.17, 15) is 4.79 Å². The SMILES string of the molecule is O=C(NCc1ccncc1)NCc1ncc(-c2ccccc2)o1. The highest BCUT2D eigenvalue weighted by atomic mass is 16.4. The summed E-state index contributed by atoms with van der Waals surface area (Å²) in [6.07, 6.45) is 5.03. The summed E-state index contributed by atoms with van der Waals surface area (Å²) in [4.78, 5) is 19.9. The number of amides is 2. The summed E-state index contributed by atoms with van der Waals surface area (Å²) in [5, 5.41) is 5.47. The molecule has 116 valence electrons. The van der Waals surface area contributed by atoms with Gasteiger partial charge in [0.05, 0.1) is 12.7 Å². The lowest BCUT2D eigenvalue weighted by molar-refractivity contribution is 0.239. The van der Waals surface area contributed by atoms with Gasteiger partial charge in [0, 0.05) is 24.5 Å². The fourth-order valence-corrected chi connectivity index (χ4v) is 2.03. The van der Waals surface area contributed by atoms with Crippen molar-refractivity contribution in [3.63, 3.8) is 0 Å². The van der Waals surface area contributed by atoms with Gasteiger partial charge in [-0.1, -0.05) is 30.3 Å². The lowest BCUT2D eigenvalue weighted by Crippen LogP contribution is -2.34. The Hall–Kier alpha value is -3.15. The van der Waals surface area contributed by atoms with Crippen LogP contribution in [-0.2, 0) is 13.1 Å². The molecule has 0 aliphatic carbocycles. The van der Waals surface area contributed by atoms with E-state index in [1.54, 1.807) is 18.6 Å². The Labute approximate surface area is 133 Å². The molecule has 0 atom stereocenters. The summed E-state index contributed by atoms with van der Waals surface area (Å²) in [7, 11) is 0. The molecule has 2 N–H and O–H groups in total. The lowest BCUT2D eigenvalue weighted by atomic mass is 10.2. The van der Waals surface area contributed by atoms with Crippen LogP contribution in [0.4, 0.5) is 4.79 Å². The molecule has 0 saturated carbocycles. The highest BCUT2D eigenvalue weighted by molar-refractivity contribution is 5.73. The third-order valence-corrected chi connectivity index (χ3v) is 3.21. The van der Waals surface area contributed by atoms with Gasteiger partial charge in [0.25, 0.3) is 0 Å². The number of nitrogens with zero attached hydrogens (tertiary/aromatic N) is 2. The molecule has 0 radical (unpaired) electrons. The number of aromatic nitrogens is 2. The molecular formula is C17H16N4O2. The van der Waals surface area contributed by atoms with Crippen LogP contribution in [-0.4, -0.2) is 16.0 Å². The molecule has 0 aliphatic heterocycles. The molecule has 0 unspecified atom stereocenters. The first kappa shape index (κ1) is 14.8. The van der Waals surface area contributed by atoms with Crippen LogP contribution in [0.25, 0.3) is 11.3 Å². The van der Waals surface area contributed by atoms with Crippen molar-refractivity contribution >= 4 is 6.03 Å². The minimum absolute atomic E-state index is 0.231. The Balaban J connectivity index is 1.49. The van der Waals surface area contributed by atoms with Crippen LogP contribution in [0.5, 0.6) is 0 Å². The van der Waals surface area contributed by atoms with Crippen LogP contribution in [0, 0.1) is 0 Å². The number of rotatable bonds is 5. The fraction of sp³-hybridized carbons (Fsp3) is 0.118. The number of hydrogen-bond donors (Lipinski definition) is 2. The van der Waals surface area contributed by atoms with Gasteiger partial charge in [0.15, 0.2) is 5.76 Å². The Kier molecular flexibility index (Phi) is 4.63. The highest BCUT2D eigenvalue weighted by Crippen LogP contribution is 2.19. The van der Waals surface area contributed by atoms with Crippen molar-refractivity contribution in [1.29, 1.82) is 0 Å². The Bertz CT molecular complexity index is 757. The van der Waals surface area contributed by atoms with E-state index in [4.69, 9.17) is 4.42 Å². The number of carbonyl (C=O) groups excluding carboxylic acids is 1. The van der Waals surface area contributed by atoms with Crippen molar-refractivity contribution in [3.05, 3.63) is 72.5 Å². The zero-order chi connectivity index (χ0) is 15.9. The Morgan fingerprint density at radius 1 is 1.00 bits per heavy atom. The Morgan fingerprint density at radius 3 is 2.52 bits per heavy atom. The number of oxazole rings is 1. The van der Waals surface area contributed by atoms with E-state index in [1.807, 2.05) is 42.5 Å². The average molecular weight is 308 g/mol. The molecule has 23 heavy (non-hydrogen) atoms. The number of urea groups is 1. The van der Waals surface area contributed by atoms with Gasteiger partial charge in [-0.05, 0) is 17.7 Å². The number of carbonyl (C=O) groups is 1. The smallest absolute Gasteiger partial charge is 0.315 e. The molecule has 3 rings (SSSR count). The van der Waals surface area contributed by atoms with E-state index in [0.29, 0.717) is 18.2 Å². The first-order valence-electron chi connectivity index (χ1n) is 7.22. The second kappa shape index (κ2) is 7.22. The van der Waals surface area contributed by atoms with Crippen molar-refractivity contribution in [2.75, 3.05) is 0 Å². The van der Waals surface area contributed by atoms with E-state index in [1.165, 1.54) is 0 Å². The number of nitrogens with one attached hydrogen (secondary N) is 2. The predicted molar refractivity (Wildman–Crippen MR) is 85.3 cm³/mol. The van der Waals surface area contributed by atoms with Gasteiger partial charge in [-0.15, -0.1) is 0 Å². The van der Waals surface area contributed by atoms with Crippen molar-refractivity contribution in [2.24, 2.45) is 0 Å². The summed E-state index contributed by atoms with van der Waals surface area (Å²) in [5.41, 5.74) is 1.94. The largest absolute Gasteiger partial charge is 0.439 e. The van der Waals surface area contributed by atoms with E-state index in [2.05, 4.69) is 20.6 Å². The molecule has 0 saturated heterocycles. The first-order valence-corrected chi connectivity index (χ1v) is 7.22. The van der Waals surface area contributed by atoms with Gasteiger partial charge < -0.3 is 15.1 Å².